The zero-order valence-electron chi connectivity index (χ0n) is 12.0. The van der Waals surface area contributed by atoms with Crippen LogP contribution in [0.5, 0.6) is 11.5 Å². The smallest absolute Gasteiger partial charge is 0.163 e. The molecule has 0 radical (unpaired) electrons. The van der Waals surface area contributed by atoms with Gasteiger partial charge in [0, 0.05) is 0 Å². The van der Waals surface area contributed by atoms with Crippen LogP contribution in [-0.4, -0.2) is 5.78 Å². The molecule has 0 heterocycles. The van der Waals surface area contributed by atoms with Gasteiger partial charge < -0.3 is 4.74 Å². The van der Waals surface area contributed by atoms with Crippen molar-refractivity contribution in [2.75, 3.05) is 0 Å². The lowest BCUT2D eigenvalue weighted by atomic mass is 9.92. The Bertz CT molecular complexity index is 692. The second-order valence-corrected chi connectivity index (χ2v) is 5.44. The standard InChI is InChI=1S/C18H17FO2/c1-12(20)17-11-15(19)7-9-18(17)21-16-8-6-13-4-2-3-5-14(13)10-16/h6-11H,2-5H2,1H3. The van der Waals surface area contributed by atoms with Crippen molar-refractivity contribution in [3.63, 3.8) is 0 Å². The number of ether oxygens (including phenoxy) is 1. The molecule has 0 fully saturated rings. The van der Waals surface area contributed by atoms with Crippen LogP contribution >= 0.6 is 0 Å². The molecule has 2 aromatic rings. The van der Waals surface area contributed by atoms with Gasteiger partial charge in [0.25, 0.3) is 0 Å². The second kappa shape index (κ2) is 5.68. The molecule has 0 N–H and O–H groups in total. The van der Waals surface area contributed by atoms with Crippen molar-refractivity contribution in [1.82, 2.24) is 0 Å². The second-order valence-electron chi connectivity index (χ2n) is 5.44. The van der Waals surface area contributed by atoms with Gasteiger partial charge in [-0.2, -0.15) is 0 Å². The van der Waals surface area contributed by atoms with Crippen LogP contribution in [0, 0.1) is 5.82 Å². The molecular formula is C18H17FO2. The first-order valence-electron chi connectivity index (χ1n) is 7.23. The fourth-order valence-electron chi connectivity index (χ4n) is 2.77. The molecular weight excluding hydrogens is 267 g/mol. The number of rotatable bonds is 3. The molecule has 108 valence electrons. The van der Waals surface area contributed by atoms with Crippen molar-refractivity contribution < 1.29 is 13.9 Å². The van der Waals surface area contributed by atoms with Crippen LogP contribution in [0.15, 0.2) is 36.4 Å². The number of hydrogen-bond donors (Lipinski definition) is 0. The normalized spacial score (nSPS) is 13.6. The average Bonchev–Trinajstić information content (AvgIpc) is 2.49. The Morgan fingerprint density at radius 3 is 2.57 bits per heavy atom. The van der Waals surface area contributed by atoms with E-state index >= 15 is 0 Å². The Morgan fingerprint density at radius 2 is 1.81 bits per heavy atom. The van der Waals surface area contributed by atoms with E-state index < -0.39 is 5.82 Å². The molecule has 1 aliphatic carbocycles. The van der Waals surface area contributed by atoms with Gasteiger partial charge in [-0.15, -0.1) is 0 Å². The van der Waals surface area contributed by atoms with Crippen molar-refractivity contribution in [2.45, 2.75) is 32.6 Å². The number of fused-ring (bicyclic) bond motifs is 1. The summed E-state index contributed by atoms with van der Waals surface area (Å²) < 4.78 is 19.1. The van der Waals surface area contributed by atoms with Crippen LogP contribution in [-0.2, 0) is 12.8 Å². The summed E-state index contributed by atoms with van der Waals surface area (Å²) in [5, 5.41) is 0. The van der Waals surface area contributed by atoms with Crippen molar-refractivity contribution in [3.8, 4) is 11.5 Å². The van der Waals surface area contributed by atoms with E-state index in [1.54, 1.807) is 0 Å². The monoisotopic (exact) mass is 284 g/mol. The minimum Gasteiger partial charge on any atom is -0.457 e. The summed E-state index contributed by atoms with van der Waals surface area (Å²) in [6.45, 7) is 1.41. The summed E-state index contributed by atoms with van der Waals surface area (Å²) >= 11 is 0. The molecule has 2 nitrogen and oxygen atoms in total. The van der Waals surface area contributed by atoms with E-state index in [4.69, 9.17) is 4.74 Å². The molecule has 0 unspecified atom stereocenters. The summed E-state index contributed by atoms with van der Waals surface area (Å²) in [5.41, 5.74) is 2.96. The molecule has 0 spiro atoms. The average molecular weight is 284 g/mol. The molecule has 21 heavy (non-hydrogen) atoms. The zero-order chi connectivity index (χ0) is 14.8. The Kier molecular flexibility index (Phi) is 3.74. The molecule has 0 atom stereocenters. The van der Waals surface area contributed by atoms with Crippen molar-refractivity contribution in [2.24, 2.45) is 0 Å². The predicted octanol–water partition coefficient (Wildman–Crippen LogP) is 4.70. The summed E-state index contributed by atoms with van der Waals surface area (Å²) in [6, 6.07) is 10.1. The fourth-order valence-corrected chi connectivity index (χ4v) is 2.77. The Labute approximate surface area is 123 Å². The van der Waals surface area contributed by atoms with Gasteiger partial charge in [-0.05, 0) is 74.1 Å². The van der Waals surface area contributed by atoms with Crippen LogP contribution in [0.25, 0.3) is 0 Å². The molecule has 0 aromatic heterocycles. The molecule has 1 aliphatic rings. The first-order valence-corrected chi connectivity index (χ1v) is 7.23. The number of aryl methyl sites for hydroxylation is 2. The van der Waals surface area contributed by atoms with Crippen LogP contribution in [0.3, 0.4) is 0 Å². The maximum Gasteiger partial charge on any atom is 0.163 e. The molecule has 0 amide bonds. The molecule has 0 bridgehead atoms. The van der Waals surface area contributed by atoms with Gasteiger partial charge in [0.05, 0.1) is 5.56 Å². The van der Waals surface area contributed by atoms with E-state index in [9.17, 15) is 9.18 Å². The highest BCUT2D eigenvalue weighted by Crippen LogP contribution is 2.30. The van der Waals surface area contributed by atoms with Crippen LogP contribution in [0.4, 0.5) is 4.39 Å². The van der Waals surface area contributed by atoms with Gasteiger partial charge in [-0.25, -0.2) is 4.39 Å². The molecule has 3 rings (SSSR count). The van der Waals surface area contributed by atoms with Gasteiger partial charge in [-0.3, -0.25) is 4.79 Å². The Balaban J connectivity index is 1.92. The first-order chi connectivity index (χ1) is 10.1. The predicted molar refractivity (Wildman–Crippen MR) is 79.6 cm³/mol. The van der Waals surface area contributed by atoms with Crippen LogP contribution in [0.1, 0.15) is 41.3 Å². The molecule has 3 heteroatoms. The summed E-state index contributed by atoms with van der Waals surface area (Å²) in [7, 11) is 0. The number of benzene rings is 2. The lowest BCUT2D eigenvalue weighted by Crippen LogP contribution is -2.03. The third kappa shape index (κ3) is 2.97. The van der Waals surface area contributed by atoms with E-state index in [0.29, 0.717) is 11.5 Å². The van der Waals surface area contributed by atoms with Gasteiger partial charge in [0.2, 0.25) is 0 Å². The number of Topliss-reactive ketones (excluding diaryl/α,β-unsaturated/α-hetero) is 1. The van der Waals surface area contributed by atoms with Gasteiger partial charge in [-0.1, -0.05) is 6.07 Å². The number of carbonyl (C=O) groups excluding carboxylic acids is 1. The quantitative estimate of drug-likeness (QED) is 0.764. The van der Waals surface area contributed by atoms with E-state index in [2.05, 4.69) is 6.07 Å². The Hall–Kier alpha value is -2.16. The topological polar surface area (TPSA) is 26.3 Å². The summed E-state index contributed by atoms with van der Waals surface area (Å²) in [6.07, 6.45) is 4.62. The molecule has 0 aliphatic heterocycles. The van der Waals surface area contributed by atoms with E-state index in [0.717, 1.165) is 12.8 Å². The van der Waals surface area contributed by atoms with Crippen molar-refractivity contribution >= 4 is 5.78 Å². The minimum atomic E-state index is -0.432. The van der Waals surface area contributed by atoms with E-state index in [1.807, 2.05) is 12.1 Å². The van der Waals surface area contributed by atoms with Gasteiger partial charge in [0.15, 0.2) is 5.78 Å². The van der Waals surface area contributed by atoms with Crippen LogP contribution in [0.2, 0.25) is 0 Å². The zero-order valence-corrected chi connectivity index (χ0v) is 12.0. The molecule has 2 aromatic carbocycles. The highest BCUT2D eigenvalue weighted by molar-refractivity contribution is 5.96. The van der Waals surface area contributed by atoms with E-state index in [1.165, 1.54) is 49.1 Å². The number of ketones is 1. The Morgan fingerprint density at radius 1 is 1.05 bits per heavy atom. The largest absolute Gasteiger partial charge is 0.457 e. The maximum absolute atomic E-state index is 13.3. The number of halogens is 1. The lowest BCUT2D eigenvalue weighted by Gasteiger charge is -2.17. The van der Waals surface area contributed by atoms with Gasteiger partial charge in [0.1, 0.15) is 17.3 Å². The number of carbonyl (C=O) groups is 1. The lowest BCUT2D eigenvalue weighted by molar-refractivity contribution is 0.101. The van der Waals surface area contributed by atoms with Crippen molar-refractivity contribution in [3.05, 3.63) is 58.9 Å². The maximum atomic E-state index is 13.3. The van der Waals surface area contributed by atoms with E-state index in [-0.39, 0.29) is 11.3 Å². The van der Waals surface area contributed by atoms with Crippen LogP contribution < -0.4 is 4.74 Å². The first kappa shape index (κ1) is 13.8. The fraction of sp³-hybridized carbons (Fsp3) is 0.278. The highest BCUT2D eigenvalue weighted by atomic mass is 19.1. The minimum absolute atomic E-state index is 0.206. The summed E-state index contributed by atoms with van der Waals surface area (Å²) in [5.74, 6) is 0.463. The molecule has 0 saturated carbocycles. The van der Waals surface area contributed by atoms with Gasteiger partial charge >= 0.3 is 0 Å². The van der Waals surface area contributed by atoms with Crippen molar-refractivity contribution in [1.29, 1.82) is 0 Å². The molecule has 0 saturated heterocycles. The third-order valence-corrected chi connectivity index (χ3v) is 3.87. The summed E-state index contributed by atoms with van der Waals surface area (Å²) in [4.78, 5) is 11.6. The highest BCUT2D eigenvalue weighted by Gasteiger charge is 2.13. The SMILES string of the molecule is CC(=O)c1cc(F)ccc1Oc1ccc2c(c1)CCCC2. The number of hydrogen-bond acceptors (Lipinski definition) is 2. The third-order valence-electron chi connectivity index (χ3n) is 3.87.